The highest BCUT2D eigenvalue weighted by Gasteiger charge is 2.20. The molecular weight excluding hydrogens is 362 g/mol. The number of para-hydroxylation sites is 1. The van der Waals surface area contributed by atoms with Crippen molar-refractivity contribution in [3.63, 3.8) is 0 Å². The molecule has 148 valence electrons. The van der Waals surface area contributed by atoms with E-state index in [9.17, 15) is 9.59 Å². The smallest absolute Gasteiger partial charge is 0.268 e. The van der Waals surface area contributed by atoms with Crippen LogP contribution in [0.3, 0.4) is 0 Å². The van der Waals surface area contributed by atoms with Crippen molar-refractivity contribution in [2.24, 2.45) is 0 Å². The van der Waals surface area contributed by atoms with Gasteiger partial charge in [0.2, 0.25) is 0 Å². The maximum Gasteiger partial charge on any atom is 0.268 e. The number of aromatic amines is 1. The van der Waals surface area contributed by atoms with E-state index in [4.69, 9.17) is 0 Å². The lowest BCUT2D eigenvalue weighted by Gasteiger charge is -2.23. The number of hydrogen-bond acceptors (Lipinski definition) is 2. The summed E-state index contributed by atoms with van der Waals surface area (Å²) in [7, 11) is 0. The Labute approximate surface area is 170 Å². The van der Waals surface area contributed by atoms with Crippen molar-refractivity contribution >= 4 is 28.8 Å². The first-order valence-corrected chi connectivity index (χ1v) is 10.2. The molecule has 0 atom stereocenters. The van der Waals surface area contributed by atoms with Crippen LogP contribution in [0.25, 0.3) is 17.0 Å². The van der Waals surface area contributed by atoms with Gasteiger partial charge < -0.3 is 15.6 Å². The Morgan fingerprint density at radius 2 is 1.66 bits per heavy atom. The number of carbonyl (C=O) groups is 2. The molecule has 4 rings (SSSR count). The van der Waals surface area contributed by atoms with Crippen molar-refractivity contribution in [2.45, 2.75) is 38.1 Å². The number of fused-ring (bicyclic) bond motifs is 1. The first-order chi connectivity index (χ1) is 14.2. The van der Waals surface area contributed by atoms with Gasteiger partial charge in [0.1, 0.15) is 5.70 Å². The maximum atomic E-state index is 13.0. The van der Waals surface area contributed by atoms with Crippen LogP contribution in [0.1, 0.15) is 48.0 Å². The first kappa shape index (κ1) is 19.0. The first-order valence-electron chi connectivity index (χ1n) is 10.2. The van der Waals surface area contributed by atoms with E-state index in [1.807, 2.05) is 36.5 Å². The third-order valence-corrected chi connectivity index (χ3v) is 5.39. The normalized spacial score (nSPS) is 15.2. The van der Waals surface area contributed by atoms with Crippen LogP contribution in [0.2, 0.25) is 0 Å². The molecule has 0 spiro atoms. The molecule has 1 heterocycles. The molecule has 1 aliphatic carbocycles. The van der Waals surface area contributed by atoms with Crippen molar-refractivity contribution < 1.29 is 9.59 Å². The quantitative estimate of drug-likeness (QED) is 0.568. The van der Waals surface area contributed by atoms with Gasteiger partial charge in [-0.05, 0) is 37.1 Å². The molecule has 0 aliphatic heterocycles. The fourth-order valence-electron chi connectivity index (χ4n) is 3.82. The summed E-state index contributed by atoms with van der Waals surface area (Å²) in [6, 6.07) is 17.0. The van der Waals surface area contributed by atoms with Gasteiger partial charge in [0, 0.05) is 34.3 Å². The van der Waals surface area contributed by atoms with Gasteiger partial charge in [0.25, 0.3) is 11.8 Å². The van der Waals surface area contributed by atoms with Gasteiger partial charge in [-0.15, -0.1) is 0 Å². The Bertz CT molecular complexity index is 1030. The van der Waals surface area contributed by atoms with Crippen molar-refractivity contribution in [3.8, 4) is 0 Å². The van der Waals surface area contributed by atoms with Crippen molar-refractivity contribution in [2.75, 3.05) is 0 Å². The number of benzene rings is 2. The zero-order valence-electron chi connectivity index (χ0n) is 16.3. The van der Waals surface area contributed by atoms with Crippen molar-refractivity contribution in [1.29, 1.82) is 0 Å². The molecule has 1 aliphatic rings. The summed E-state index contributed by atoms with van der Waals surface area (Å²) >= 11 is 0. The van der Waals surface area contributed by atoms with Crippen LogP contribution in [-0.4, -0.2) is 22.8 Å². The predicted molar refractivity (Wildman–Crippen MR) is 115 cm³/mol. The van der Waals surface area contributed by atoms with Crippen LogP contribution in [-0.2, 0) is 4.79 Å². The number of rotatable bonds is 5. The van der Waals surface area contributed by atoms with E-state index >= 15 is 0 Å². The lowest BCUT2D eigenvalue weighted by atomic mass is 9.95. The summed E-state index contributed by atoms with van der Waals surface area (Å²) in [5, 5.41) is 6.93. The topological polar surface area (TPSA) is 74.0 Å². The van der Waals surface area contributed by atoms with Crippen LogP contribution in [0.15, 0.2) is 66.5 Å². The molecule has 2 amide bonds. The number of nitrogens with one attached hydrogen (secondary N) is 3. The van der Waals surface area contributed by atoms with E-state index in [-0.39, 0.29) is 23.6 Å². The summed E-state index contributed by atoms with van der Waals surface area (Å²) in [4.78, 5) is 29.0. The van der Waals surface area contributed by atoms with Gasteiger partial charge in [0.05, 0.1) is 0 Å². The largest absolute Gasteiger partial charge is 0.361 e. The van der Waals surface area contributed by atoms with Crippen molar-refractivity contribution in [1.82, 2.24) is 15.6 Å². The highest BCUT2D eigenvalue weighted by molar-refractivity contribution is 6.06. The Hall–Kier alpha value is -3.34. The summed E-state index contributed by atoms with van der Waals surface area (Å²) in [5.41, 5.74) is 2.62. The van der Waals surface area contributed by atoms with E-state index < -0.39 is 0 Å². The fraction of sp³-hybridized carbons (Fsp3) is 0.250. The van der Waals surface area contributed by atoms with E-state index in [0.717, 1.165) is 42.1 Å². The Balaban J connectivity index is 1.62. The van der Waals surface area contributed by atoms with Crippen LogP contribution < -0.4 is 10.6 Å². The minimum Gasteiger partial charge on any atom is -0.361 e. The van der Waals surface area contributed by atoms with Gasteiger partial charge in [-0.25, -0.2) is 0 Å². The Kier molecular flexibility index (Phi) is 5.75. The van der Waals surface area contributed by atoms with Gasteiger partial charge in [-0.2, -0.15) is 0 Å². The standard InChI is InChI=1S/C24H25N3O2/c28-23(17-9-3-1-4-10-17)27-22(24(29)26-19-11-5-2-6-12-19)15-18-16-25-21-14-8-7-13-20(18)21/h1,3-4,7-10,13-16,19,25H,2,5-6,11-12H2,(H,26,29)(H,27,28)/b22-15-. The second-order valence-corrected chi connectivity index (χ2v) is 7.48. The zero-order valence-corrected chi connectivity index (χ0v) is 16.3. The summed E-state index contributed by atoms with van der Waals surface area (Å²) < 4.78 is 0. The molecule has 1 fully saturated rings. The Morgan fingerprint density at radius 3 is 2.45 bits per heavy atom. The van der Waals surface area contributed by atoms with Crippen LogP contribution in [0, 0.1) is 0 Å². The Morgan fingerprint density at radius 1 is 0.931 bits per heavy atom. The van der Waals surface area contributed by atoms with E-state index in [0.29, 0.717) is 5.56 Å². The molecule has 0 unspecified atom stereocenters. The van der Waals surface area contributed by atoms with Crippen LogP contribution >= 0.6 is 0 Å². The number of hydrogen-bond donors (Lipinski definition) is 3. The minimum absolute atomic E-state index is 0.163. The third-order valence-electron chi connectivity index (χ3n) is 5.39. The van der Waals surface area contributed by atoms with Crippen LogP contribution in [0.5, 0.6) is 0 Å². The fourth-order valence-corrected chi connectivity index (χ4v) is 3.82. The van der Waals surface area contributed by atoms with E-state index in [1.54, 1.807) is 30.3 Å². The number of amides is 2. The van der Waals surface area contributed by atoms with E-state index in [1.165, 1.54) is 6.42 Å². The van der Waals surface area contributed by atoms with Gasteiger partial charge >= 0.3 is 0 Å². The number of H-pyrrole nitrogens is 1. The lowest BCUT2D eigenvalue weighted by Crippen LogP contribution is -2.41. The average Bonchev–Trinajstić information content (AvgIpc) is 3.17. The number of carbonyl (C=O) groups excluding carboxylic acids is 2. The molecule has 1 saturated carbocycles. The molecule has 0 radical (unpaired) electrons. The van der Waals surface area contributed by atoms with Gasteiger partial charge in [-0.3, -0.25) is 9.59 Å². The zero-order chi connectivity index (χ0) is 20.1. The highest BCUT2D eigenvalue weighted by atomic mass is 16.2. The second-order valence-electron chi connectivity index (χ2n) is 7.48. The molecule has 1 aromatic heterocycles. The molecule has 29 heavy (non-hydrogen) atoms. The number of aromatic nitrogens is 1. The summed E-state index contributed by atoms with van der Waals surface area (Å²) in [5.74, 6) is -0.540. The second kappa shape index (κ2) is 8.78. The van der Waals surface area contributed by atoms with Crippen molar-refractivity contribution in [3.05, 3.63) is 77.6 Å². The SMILES string of the molecule is O=C(NC1CCCCC1)/C(=C/c1c[nH]c2ccccc12)NC(=O)c1ccccc1. The highest BCUT2D eigenvalue weighted by Crippen LogP contribution is 2.21. The lowest BCUT2D eigenvalue weighted by molar-refractivity contribution is -0.118. The van der Waals surface area contributed by atoms with Crippen LogP contribution in [0.4, 0.5) is 0 Å². The molecular formula is C24H25N3O2. The third kappa shape index (κ3) is 4.57. The monoisotopic (exact) mass is 387 g/mol. The molecule has 5 heteroatoms. The minimum atomic E-state index is -0.296. The van der Waals surface area contributed by atoms with Gasteiger partial charge in [-0.1, -0.05) is 55.7 Å². The summed E-state index contributed by atoms with van der Waals surface area (Å²) in [6.45, 7) is 0. The molecule has 5 nitrogen and oxygen atoms in total. The molecule has 3 N–H and O–H groups in total. The maximum absolute atomic E-state index is 13.0. The molecule has 2 aromatic carbocycles. The predicted octanol–water partition coefficient (Wildman–Crippen LogP) is 4.39. The van der Waals surface area contributed by atoms with Gasteiger partial charge in [0.15, 0.2) is 0 Å². The molecule has 3 aromatic rings. The molecule has 0 bridgehead atoms. The molecule has 0 saturated heterocycles. The summed E-state index contributed by atoms with van der Waals surface area (Å²) in [6.07, 6.45) is 9.04. The average molecular weight is 387 g/mol. The van der Waals surface area contributed by atoms with E-state index in [2.05, 4.69) is 15.6 Å².